The molecule has 10 nitrogen and oxygen atoms in total. The molecule has 3 rings (SSSR count). The average Bonchev–Trinajstić information content (AvgIpc) is 2.72. The largest absolute Gasteiger partial charge is 0.485 e. The fourth-order valence-electron chi connectivity index (χ4n) is 3.59. The molecular formula is C21H25N2O8P. The number of ketones is 1. The number of Topliss-reactive ketones (excluding diaryl/α,β-unsaturated/α-hetero) is 1. The number of hydrazine groups is 1. The van der Waals surface area contributed by atoms with Crippen LogP contribution in [0.15, 0.2) is 48.5 Å². The molecule has 0 aromatic heterocycles. The SMILES string of the molecule is CC(=O)c1ccc2c(c1)[C@H](N(N)C(=O)c1ccccc1)[C@@H](OCOP(=O)(O)O)C(C)(C)O2. The fourth-order valence-corrected chi connectivity index (χ4v) is 3.79. The maximum atomic E-state index is 13.1. The van der Waals surface area contributed by atoms with Crippen LogP contribution in [0.5, 0.6) is 5.75 Å². The molecule has 0 aliphatic carbocycles. The van der Waals surface area contributed by atoms with Crippen LogP contribution in [-0.2, 0) is 13.8 Å². The minimum atomic E-state index is -4.79. The third-order valence-corrected chi connectivity index (χ3v) is 5.55. The van der Waals surface area contributed by atoms with Crippen LogP contribution in [0.4, 0.5) is 0 Å². The van der Waals surface area contributed by atoms with E-state index in [2.05, 4.69) is 4.52 Å². The summed E-state index contributed by atoms with van der Waals surface area (Å²) in [6, 6.07) is 12.2. The summed E-state index contributed by atoms with van der Waals surface area (Å²) in [4.78, 5) is 43.1. The zero-order valence-corrected chi connectivity index (χ0v) is 18.7. The van der Waals surface area contributed by atoms with Gasteiger partial charge < -0.3 is 19.3 Å². The topological polar surface area (TPSA) is 149 Å². The number of phosphoric ester groups is 1. The predicted octanol–water partition coefficient (Wildman–Crippen LogP) is 2.57. The first-order valence-corrected chi connectivity index (χ1v) is 11.2. The van der Waals surface area contributed by atoms with Crippen molar-refractivity contribution in [3.8, 4) is 5.75 Å². The van der Waals surface area contributed by atoms with Crippen molar-refractivity contribution in [2.24, 2.45) is 5.84 Å². The molecule has 0 saturated carbocycles. The third-order valence-electron chi connectivity index (χ3n) is 5.10. The van der Waals surface area contributed by atoms with Crippen molar-refractivity contribution in [2.75, 3.05) is 6.79 Å². The van der Waals surface area contributed by atoms with Crippen LogP contribution in [-0.4, -0.2) is 45.0 Å². The highest BCUT2D eigenvalue weighted by Crippen LogP contribution is 2.45. The molecule has 0 fully saturated rings. The summed E-state index contributed by atoms with van der Waals surface area (Å²) in [5.41, 5.74) is 0.0454. The van der Waals surface area contributed by atoms with Crippen LogP contribution in [0.1, 0.15) is 53.1 Å². The van der Waals surface area contributed by atoms with Crippen LogP contribution >= 0.6 is 7.82 Å². The zero-order valence-electron chi connectivity index (χ0n) is 17.8. The normalized spacial score (nSPS) is 19.6. The summed E-state index contributed by atoms with van der Waals surface area (Å²) in [5, 5.41) is 0.977. The van der Waals surface area contributed by atoms with Gasteiger partial charge in [0.05, 0.1) is 0 Å². The zero-order chi connectivity index (χ0) is 23.7. The summed E-state index contributed by atoms with van der Waals surface area (Å²) in [7, 11) is -4.79. The number of ether oxygens (including phenoxy) is 2. The highest BCUT2D eigenvalue weighted by molar-refractivity contribution is 7.46. The van der Waals surface area contributed by atoms with Crippen molar-refractivity contribution < 1.29 is 37.9 Å². The minimum absolute atomic E-state index is 0.198. The number of carbonyl (C=O) groups excluding carboxylic acids is 2. The predicted molar refractivity (Wildman–Crippen MR) is 114 cm³/mol. The van der Waals surface area contributed by atoms with Crippen molar-refractivity contribution in [1.29, 1.82) is 0 Å². The first-order valence-electron chi connectivity index (χ1n) is 9.69. The highest BCUT2D eigenvalue weighted by Gasteiger charge is 2.48. The lowest BCUT2D eigenvalue weighted by atomic mass is 9.84. The van der Waals surface area contributed by atoms with Gasteiger partial charge in [0, 0.05) is 16.7 Å². The molecule has 4 N–H and O–H groups in total. The molecule has 1 aliphatic rings. The Labute approximate surface area is 185 Å². The maximum Gasteiger partial charge on any atom is 0.471 e. The van der Waals surface area contributed by atoms with Gasteiger partial charge in [-0.2, -0.15) is 0 Å². The molecule has 0 unspecified atom stereocenters. The van der Waals surface area contributed by atoms with E-state index in [1.54, 1.807) is 62.4 Å². The van der Waals surface area contributed by atoms with Crippen LogP contribution < -0.4 is 10.6 Å². The van der Waals surface area contributed by atoms with E-state index >= 15 is 0 Å². The molecule has 32 heavy (non-hydrogen) atoms. The first-order chi connectivity index (χ1) is 14.9. The second-order valence-electron chi connectivity index (χ2n) is 7.86. The van der Waals surface area contributed by atoms with Crippen molar-refractivity contribution in [3.63, 3.8) is 0 Å². The van der Waals surface area contributed by atoms with Gasteiger partial charge in [0.2, 0.25) is 0 Å². The lowest BCUT2D eigenvalue weighted by Crippen LogP contribution is -2.57. The van der Waals surface area contributed by atoms with Crippen LogP contribution in [0.3, 0.4) is 0 Å². The van der Waals surface area contributed by atoms with Crippen LogP contribution in [0.25, 0.3) is 0 Å². The first kappa shape index (κ1) is 24.1. The van der Waals surface area contributed by atoms with Crippen LogP contribution in [0, 0.1) is 0 Å². The number of rotatable bonds is 7. The highest BCUT2D eigenvalue weighted by atomic mass is 31.2. The van der Waals surface area contributed by atoms with Gasteiger partial charge in [-0.05, 0) is 51.1 Å². The Hall–Kier alpha value is -2.59. The van der Waals surface area contributed by atoms with E-state index in [-0.39, 0.29) is 5.78 Å². The number of nitrogens with two attached hydrogens (primary N) is 1. The lowest BCUT2D eigenvalue weighted by molar-refractivity contribution is -0.156. The van der Waals surface area contributed by atoms with Gasteiger partial charge in [-0.3, -0.25) is 19.1 Å². The van der Waals surface area contributed by atoms with Gasteiger partial charge in [0.25, 0.3) is 5.91 Å². The van der Waals surface area contributed by atoms with Gasteiger partial charge in [-0.15, -0.1) is 0 Å². The molecule has 1 heterocycles. The Morgan fingerprint density at radius 3 is 2.41 bits per heavy atom. The average molecular weight is 464 g/mol. The molecule has 0 bridgehead atoms. The standard InChI is InChI=1S/C21H25N2O8P/c1-13(24)15-9-10-17-16(11-15)18(23(22)20(25)14-7-5-4-6-8-14)19(21(2,3)31-17)29-12-30-32(26,27)28/h4-11,18-19H,12,22H2,1-3H3,(H2,26,27,28)/t18-,19+/m0/s1. The Kier molecular flexibility index (Phi) is 6.85. The van der Waals surface area contributed by atoms with E-state index in [1.807, 2.05) is 0 Å². The van der Waals surface area contributed by atoms with Crippen molar-refractivity contribution in [2.45, 2.75) is 38.5 Å². The summed E-state index contributed by atoms with van der Waals surface area (Å²) in [6.45, 7) is 4.00. The van der Waals surface area contributed by atoms with E-state index < -0.39 is 38.3 Å². The van der Waals surface area contributed by atoms with Gasteiger partial charge in [-0.1, -0.05) is 18.2 Å². The van der Waals surface area contributed by atoms with E-state index in [9.17, 15) is 14.2 Å². The minimum Gasteiger partial charge on any atom is -0.485 e. The number of benzene rings is 2. The smallest absolute Gasteiger partial charge is 0.471 e. The Bertz CT molecular complexity index is 1050. The number of nitrogens with zero attached hydrogens (tertiary/aromatic N) is 1. The lowest BCUT2D eigenvalue weighted by Gasteiger charge is -2.46. The van der Waals surface area contributed by atoms with Crippen LogP contribution in [0.2, 0.25) is 0 Å². The Morgan fingerprint density at radius 2 is 1.81 bits per heavy atom. The van der Waals surface area contributed by atoms with Crippen molar-refractivity contribution in [1.82, 2.24) is 5.01 Å². The Morgan fingerprint density at radius 1 is 1.16 bits per heavy atom. The molecule has 0 radical (unpaired) electrons. The number of amides is 1. The summed E-state index contributed by atoms with van der Waals surface area (Å²) in [5.74, 6) is 5.99. The van der Waals surface area contributed by atoms with Crippen molar-refractivity contribution in [3.05, 3.63) is 65.2 Å². The maximum absolute atomic E-state index is 13.1. The molecule has 2 atom stereocenters. The van der Waals surface area contributed by atoms with E-state index in [0.717, 1.165) is 5.01 Å². The molecule has 2 aromatic rings. The summed E-state index contributed by atoms with van der Waals surface area (Å²) < 4.78 is 27.2. The molecule has 1 amide bonds. The van der Waals surface area contributed by atoms with E-state index in [0.29, 0.717) is 22.4 Å². The summed E-state index contributed by atoms with van der Waals surface area (Å²) in [6.07, 6.45) is -0.999. The number of hydrogen-bond acceptors (Lipinski definition) is 7. The van der Waals surface area contributed by atoms with Gasteiger partial charge in [0.1, 0.15) is 23.5 Å². The molecule has 0 spiro atoms. The Balaban J connectivity index is 2.07. The molecule has 1 aliphatic heterocycles. The molecular weight excluding hydrogens is 439 g/mol. The second-order valence-corrected chi connectivity index (χ2v) is 9.10. The second kappa shape index (κ2) is 9.11. The monoisotopic (exact) mass is 464 g/mol. The summed E-state index contributed by atoms with van der Waals surface area (Å²) >= 11 is 0. The number of hydrogen-bond donors (Lipinski definition) is 3. The van der Waals surface area contributed by atoms with Crippen molar-refractivity contribution >= 4 is 19.5 Å². The quantitative estimate of drug-likeness (QED) is 0.140. The molecule has 0 saturated heterocycles. The number of fused-ring (bicyclic) bond motifs is 1. The number of phosphoric acid groups is 1. The fraction of sp³-hybridized carbons (Fsp3) is 0.333. The van der Waals surface area contributed by atoms with Gasteiger partial charge in [-0.25, -0.2) is 10.4 Å². The van der Waals surface area contributed by atoms with Gasteiger partial charge >= 0.3 is 7.82 Å². The molecule has 2 aromatic carbocycles. The van der Waals surface area contributed by atoms with E-state index in [1.165, 1.54) is 6.92 Å². The van der Waals surface area contributed by atoms with Gasteiger partial charge in [0.15, 0.2) is 12.6 Å². The molecule has 11 heteroatoms. The number of carbonyl (C=O) groups is 2. The van der Waals surface area contributed by atoms with E-state index in [4.69, 9.17) is 25.1 Å². The molecule has 172 valence electrons. The third kappa shape index (κ3) is 5.24.